The highest BCUT2D eigenvalue weighted by molar-refractivity contribution is 7.11. The zero-order chi connectivity index (χ0) is 13.8. The molecule has 0 aromatic carbocycles. The van der Waals surface area contributed by atoms with E-state index in [0.29, 0.717) is 18.1 Å². The topological polar surface area (TPSA) is 73.1 Å². The lowest BCUT2D eigenvalue weighted by atomic mass is 10.2. The van der Waals surface area contributed by atoms with Crippen LogP contribution in [0.4, 0.5) is 10.8 Å². The molecule has 0 unspecified atom stereocenters. The Morgan fingerprint density at radius 1 is 1.47 bits per heavy atom. The fraction of sp³-hybridized carbons (Fsp3) is 0.385. The first-order chi connectivity index (χ1) is 9.08. The van der Waals surface area contributed by atoms with E-state index in [0.717, 1.165) is 16.3 Å². The fourth-order valence-corrected chi connectivity index (χ4v) is 2.27. The number of hydrogen-bond acceptors (Lipinski definition) is 6. The van der Waals surface area contributed by atoms with E-state index in [1.54, 1.807) is 6.20 Å². The number of ether oxygens (including phenoxy) is 1. The molecule has 0 saturated carbocycles. The summed E-state index contributed by atoms with van der Waals surface area (Å²) < 4.78 is 9.79. The minimum absolute atomic E-state index is 0.0656. The summed E-state index contributed by atoms with van der Waals surface area (Å²) in [5.41, 5.74) is 7.96. The zero-order valence-electron chi connectivity index (χ0n) is 11.3. The molecule has 0 aliphatic heterocycles. The molecule has 0 bridgehead atoms. The van der Waals surface area contributed by atoms with Gasteiger partial charge in [0, 0.05) is 6.20 Å². The van der Waals surface area contributed by atoms with Gasteiger partial charge in [-0.2, -0.15) is 4.37 Å². The Bertz CT molecular complexity index is 553. The Hall–Kier alpha value is -1.82. The summed E-state index contributed by atoms with van der Waals surface area (Å²) in [6, 6.07) is 3.97. The van der Waals surface area contributed by atoms with Gasteiger partial charge in [-0.05, 0) is 43.9 Å². The minimum atomic E-state index is 0.0656. The lowest BCUT2D eigenvalue weighted by Gasteiger charge is -2.12. The predicted octanol–water partition coefficient (Wildman–Crippen LogP) is 2.83. The molecule has 0 saturated heterocycles. The summed E-state index contributed by atoms with van der Waals surface area (Å²) in [5.74, 6) is 1.06. The average molecular weight is 278 g/mol. The van der Waals surface area contributed by atoms with Crippen LogP contribution in [-0.2, 0) is 6.54 Å². The summed E-state index contributed by atoms with van der Waals surface area (Å²) in [4.78, 5) is 4.34. The van der Waals surface area contributed by atoms with Crippen molar-refractivity contribution in [3.05, 3.63) is 29.6 Å². The van der Waals surface area contributed by atoms with Crippen LogP contribution in [0, 0.1) is 6.92 Å². The predicted molar refractivity (Wildman–Crippen MR) is 78.6 cm³/mol. The first-order valence-electron chi connectivity index (χ1n) is 6.14. The summed E-state index contributed by atoms with van der Waals surface area (Å²) in [5, 5.41) is 4.13. The van der Waals surface area contributed by atoms with Gasteiger partial charge in [-0.1, -0.05) is 6.07 Å². The van der Waals surface area contributed by atoms with E-state index in [-0.39, 0.29) is 6.10 Å². The molecule has 5 nitrogen and oxygen atoms in total. The lowest BCUT2D eigenvalue weighted by Crippen LogP contribution is -2.09. The molecule has 0 aliphatic carbocycles. The summed E-state index contributed by atoms with van der Waals surface area (Å²) >= 11 is 1.30. The standard InChI is InChI=1S/C13H18N4OS/c1-8(2)18-11-12(14)17-19-13(11)16-7-10-9(3)5-4-6-15-10/h4-6,8,16H,7H2,1-3H3,(H2,14,17). The normalized spacial score (nSPS) is 10.7. The maximum absolute atomic E-state index is 5.81. The van der Waals surface area contributed by atoms with E-state index < -0.39 is 0 Å². The minimum Gasteiger partial charge on any atom is -0.484 e. The molecule has 2 aromatic heterocycles. The zero-order valence-corrected chi connectivity index (χ0v) is 12.1. The molecule has 0 radical (unpaired) electrons. The van der Waals surface area contributed by atoms with Crippen molar-refractivity contribution in [2.45, 2.75) is 33.4 Å². The van der Waals surface area contributed by atoms with Gasteiger partial charge >= 0.3 is 0 Å². The quantitative estimate of drug-likeness (QED) is 0.879. The molecule has 6 heteroatoms. The van der Waals surface area contributed by atoms with Crippen molar-refractivity contribution in [1.82, 2.24) is 9.36 Å². The number of aryl methyl sites for hydroxylation is 1. The maximum atomic E-state index is 5.81. The monoisotopic (exact) mass is 278 g/mol. The van der Waals surface area contributed by atoms with E-state index in [4.69, 9.17) is 10.5 Å². The molecule has 2 heterocycles. The van der Waals surface area contributed by atoms with Crippen LogP contribution in [0.5, 0.6) is 5.75 Å². The molecule has 0 aliphatic rings. The maximum Gasteiger partial charge on any atom is 0.197 e. The third-order valence-electron chi connectivity index (χ3n) is 2.56. The Balaban J connectivity index is 2.10. The Labute approximate surface area is 117 Å². The van der Waals surface area contributed by atoms with Gasteiger partial charge in [0.05, 0.1) is 18.3 Å². The number of hydrogen-bond donors (Lipinski definition) is 2. The SMILES string of the molecule is Cc1cccnc1CNc1snc(N)c1OC(C)C. The Morgan fingerprint density at radius 3 is 2.95 bits per heavy atom. The van der Waals surface area contributed by atoms with E-state index in [1.807, 2.05) is 32.9 Å². The van der Waals surface area contributed by atoms with Gasteiger partial charge in [-0.15, -0.1) is 0 Å². The van der Waals surface area contributed by atoms with Gasteiger partial charge in [0.15, 0.2) is 16.6 Å². The third kappa shape index (κ3) is 3.35. The van der Waals surface area contributed by atoms with Crippen LogP contribution in [0.1, 0.15) is 25.1 Å². The van der Waals surface area contributed by atoms with Crippen molar-refractivity contribution in [3.8, 4) is 5.75 Å². The van der Waals surface area contributed by atoms with E-state index in [2.05, 4.69) is 14.7 Å². The molecule has 2 aromatic rings. The number of nitrogens with zero attached hydrogens (tertiary/aromatic N) is 2. The van der Waals surface area contributed by atoms with Crippen molar-refractivity contribution in [1.29, 1.82) is 0 Å². The summed E-state index contributed by atoms with van der Waals surface area (Å²) in [6.07, 6.45) is 1.85. The average Bonchev–Trinajstić information content (AvgIpc) is 2.70. The summed E-state index contributed by atoms with van der Waals surface area (Å²) in [7, 11) is 0. The number of anilines is 2. The van der Waals surface area contributed by atoms with Crippen LogP contribution in [0.25, 0.3) is 0 Å². The van der Waals surface area contributed by atoms with E-state index in [9.17, 15) is 0 Å². The number of nitrogen functional groups attached to an aromatic ring is 1. The molecule has 0 atom stereocenters. The van der Waals surface area contributed by atoms with Gasteiger partial charge < -0.3 is 15.8 Å². The molecule has 0 amide bonds. The highest BCUT2D eigenvalue weighted by atomic mass is 32.1. The molecule has 2 rings (SSSR count). The van der Waals surface area contributed by atoms with E-state index >= 15 is 0 Å². The molecule has 102 valence electrons. The molecule has 0 fully saturated rings. The van der Waals surface area contributed by atoms with Gasteiger partial charge in [-0.3, -0.25) is 4.98 Å². The number of nitrogens with one attached hydrogen (secondary N) is 1. The Morgan fingerprint density at radius 2 is 2.26 bits per heavy atom. The number of rotatable bonds is 5. The Kier molecular flexibility index (Phi) is 4.21. The first-order valence-corrected chi connectivity index (χ1v) is 6.91. The van der Waals surface area contributed by atoms with Crippen molar-refractivity contribution >= 4 is 22.4 Å². The van der Waals surface area contributed by atoms with Crippen LogP contribution in [0.15, 0.2) is 18.3 Å². The van der Waals surface area contributed by atoms with Crippen molar-refractivity contribution < 1.29 is 4.74 Å². The highest BCUT2D eigenvalue weighted by Crippen LogP contribution is 2.36. The van der Waals surface area contributed by atoms with Crippen molar-refractivity contribution in [2.75, 3.05) is 11.1 Å². The number of pyridine rings is 1. The largest absolute Gasteiger partial charge is 0.484 e. The van der Waals surface area contributed by atoms with Crippen LogP contribution in [0.2, 0.25) is 0 Å². The lowest BCUT2D eigenvalue weighted by molar-refractivity contribution is 0.245. The van der Waals surface area contributed by atoms with Gasteiger partial charge in [0.2, 0.25) is 0 Å². The second-order valence-electron chi connectivity index (χ2n) is 4.51. The molecule has 3 N–H and O–H groups in total. The molecular formula is C13H18N4OS. The van der Waals surface area contributed by atoms with Crippen molar-refractivity contribution in [3.63, 3.8) is 0 Å². The smallest absolute Gasteiger partial charge is 0.197 e. The highest BCUT2D eigenvalue weighted by Gasteiger charge is 2.14. The van der Waals surface area contributed by atoms with Crippen LogP contribution in [0.3, 0.4) is 0 Å². The molecule has 19 heavy (non-hydrogen) atoms. The molecule has 0 spiro atoms. The second kappa shape index (κ2) is 5.88. The third-order valence-corrected chi connectivity index (χ3v) is 3.36. The number of nitrogens with two attached hydrogens (primary N) is 1. The molecular weight excluding hydrogens is 260 g/mol. The second-order valence-corrected chi connectivity index (χ2v) is 5.29. The van der Waals surface area contributed by atoms with E-state index in [1.165, 1.54) is 11.5 Å². The van der Waals surface area contributed by atoms with Gasteiger partial charge in [0.25, 0.3) is 0 Å². The number of aromatic nitrogens is 2. The fourth-order valence-electron chi connectivity index (χ4n) is 1.62. The summed E-state index contributed by atoms with van der Waals surface area (Å²) in [6.45, 7) is 6.59. The van der Waals surface area contributed by atoms with Crippen LogP contribution in [-0.4, -0.2) is 15.5 Å². The van der Waals surface area contributed by atoms with Gasteiger partial charge in [-0.25, -0.2) is 0 Å². The van der Waals surface area contributed by atoms with Gasteiger partial charge in [0.1, 0.15) is 0 Å². The first kappa shape index (κ1) is 13.6. The van der Waals surface area contributed by atoms with Crippen molar-refractivity contribution in [2.24, 2.45) is 0 Å². The van der Waals surface area contributed by atoms with Crippen LogP contribution >= 0.6 is 11.5 Å². The van der Waals surface area contributed by atoms with Crippen LogP contribution < -0.4 is 15.8 Å².